The van der Waals surface area contributed by atoms with Crippen LogP contribution in [0.25, 0.3) is 0 Å². The van der Waals surface area contributed by atoms with Crippen molar-refractivity contribution in [2.24, 2.45) is 12.5 Å². The summed E-state index contributed by atoms with van der Waals surface area (Å²) >= 11 is 0. The van der Waals surface area contributed by atoms with Gasteiger partial charge in [-0.25, -0.2) is 8.42 Å². The molecule has 0 bridgehead atoms. The number of nitrogens with zero attached hydrogens (tertiary/aromatic N) is 4. The maximum Gasteiger partial charge on any atom is 0.245 e. The van der Waals surface area contributed by atoms with Crippen molar-refractivity contribution in [3.8, 4) is 0 Å². The van der Waals surface area contributed by atoms with Crippen LogP contribution in [0, 0.1) is 5.41 Å². The molecule has 1 aromatic heterocycles. The third-order valence-corrected chi connectivity index (χ3v) is 6.86. The highest BCUT2D eigenvalue weighted by Gasteiger charge is 2.48. The van der Waals surface area contributed by atoms with E-state index in [4.69, 9.17) is 4.74 Å². The minimum Gasteiger partial charge on any atom is -0.379 e. The van der Waals surface area contributed by atoms with Crippen LogP contribution >= 0.6 is 0 Å². The van der Waals surface area contributed by atoms with Gasteiger partial charge in [0.25, 0.3) is 0 Å². The fraction of sp³-hybridized carbons (Fsp3) is 0.750. The van der Waals surface area contributed by atoms with E-state index < -0.39 is 16.1 Å². The van der Waals surface area contributed by atoms with Gasteiger partial charge in [-0.15, -0.1) is 0 Å². The van der Waals surface area contributed by atoms with E-state index in [2.05, 4.69) is 5.10 Å². The van der Waals surface area contributed by atoms with Crippen molar-refractivity contribution in [1.29, 1.82) is 0 Å². The van der Waals surface area contributed by atoms with E-state index in [9.17, 15) is 13.2 Å². The number of amides is 1. The molecule has 1 atom stereocenters. The molecule has 0 radical (unpaired) electrons. The van der Waals surface area contributed by atoms with Crippen LogP contribution in [0.4, 0.5) is 0 Å². The van der Waals surface area contributed by atoms with E-state index in [1.54, 1.807) is 15.8 Å². The van der Waals surface area contributed by atoms with Crippen LogP contribution in [-0.4, -0.2) is 72.4 Å². The molecule has 3 aliphatic rings. The summed E-state index contributed by atoms with van der Waals surface area (Å²) in [6, 6.07) is -0.818. The predicted octanol–water partition coefficient (Wildman–Crippen LogP) is -0.0821. The van der Waals surface area contributed by atoms with Gasteiger partial charge < -0.3 is 9.64 Å². The van der Waals surface area contributed by atoms with Crippen molar-refractivity contribution in [3.63, 3.8) is 0 Å². The van der Waals surface area contributed by atoms with Crippen LogP contribution < -0.4 is 0 Å². The molecule has 1 spiro atoms. The maximum atomic E-state index is 13.4. The standard InChI is InChI=1S/C16H24N4O4S/c1-18-13-3-6-20(25(2,22)23)14(12(13)9-17-18)15(21)19-7-8-24-11-16(10-19)4-5-16/h9,14H,3-8,10-11H2,1-2H3. The van der Waals surface area contributed by atoms with Gasteiger partial charge in [0.15, 0.2) is 0 Å². The van der Waals surface area contributed by atoms with Crippen molar-refractivity contribution in [3.05, 3.63) is 17.5 Å². The Kier molecular flexibility index (Phi) is 3.93. The normalized spacial score (nSPS) is 26.3. The summed E-state index contributed by atoms with van der Waals surface area (Å²) in [5.74, 6) is -0.156. The van der Waals surface area contributed by atoms with E-state index in [1.165, 1.54) is 10.6 Å². The second-order valence-corrected chi connectivity index (χ2v) is 9.44. The Balaban J connectivity index is 1.70. The minimum absolute atomic E-state index is 0.0779. The lowest BCUT2D eigenvalue weighted by molar-refractivity contribution is -0.136. The van der Waals surface area contributed by atoms with Crippen molar-refractivity contribution in [1.82, 2.24) is 19.0 Å². The molecule has 8 nitrogen and oxygen atoms in total. The van der Waals surface area contributed by atoms with Gasteiger partial charge in [-0.3, -0.25) is 9.48 Å². The predicted molar refractivity (Wildman–Crippen MR) is 90.3 cm³/mol. The molecule has 1 aromatic rings. The van der Waals surface area contributed by atoms with Crippen LogP contribution in [0.2, 0.25) is 0 Å². The van der Waals surface area contributed by atoms with Gasteiger partial charge in [-0.2, -0.15) is 9.40 Å². The molecule has 2 fully saturated rings. The Labute approximate surface area is 147 Å². The second-order valence-electron chi connectivity index (χ2n) is 7.51. The monoisotopic (exact) mass is 368 g/mol. The minimum atomic E-state index is -3.50. The summed E-state index contributed by atoms with van der Waals surface area (Å²) in [6.07, 6.45) is 5.50. The number of aromatic nitrogens is 2. The summed E-state index contributed by atoms with van der Waals surface area (Å²) in [6.45, 7) is 2.64. The lowest BCUT2D eigenvalue weighted by atomic mass is 9.99. The van der Waals surface area contributed by atoms with Crippen LogP contribution in [-0.2, 0) is 33.0 Å². The zero-order valence-corrected chi connectivity index (χ0v) is 15.5. The van der Waals surface area contributed by atoms with Crippen molar-refractivity contribution >= 4 is 15.9 Å². The van der Waals surface area contributed by atoms with Gasteiger partial charge in [0.1, 0.15) is 6.04 Å². The molecule has 1 saturated heterocycles. The Morgan fingerprint density at radius 3 is 2.80 bits per heavy atom. The summed E-state index contributed by atoms with van der Waals surface area (Å²) < 4.78 is 33.4. The molecule has 2 aliphatic heterocycles. The van der Waals surface area contributed by atoms with Gasteiger partial charge in [-0.05, 0) is 12.8 Å². The maximum absolute atomic E-state index is 13.4. The summed E-state index contributed by atoms with van der Waals surface area (Å²) in [5.41, 5.74) is 1.72. The van der Waals surface area contributed by atoms with Crippen molar-refractivity contribution < 1.29 is 17.9 Å². The highest BCUT2D eigenvalue weighted by atomic mass is 32.2. The topological polar surface area (TPSA) is 84.7 Å². The number of carbonyl (C=O) groups is 1. The second kappa shape index (κ2) is 5.78. The Hall–Kier alpha value is -1.45. The number of hydrogen-bond acceptors (Lipinski definition) is 5. The lowest BCUT2D eigenvalue weighted by Gasteiger charge is -2.36. The van der Waals surface area contributed by atoms with Gasteiger partial charge >= 0.3 is 0 Å². The fourth-order valence-corrected chi connectivity index (χ4v) is 4.97. The van der Waals surface area contributed by atoms with Crippen LogP contribution in [0.15, 0.2) is 6.20 Å². The largest absolute Gasteiger partial charge is 0.379 e. The van der Waals surface area contributed by atoms with Gasteiger partial charge in [-0.1, -0.05) is 0 Å². The Morgan fingerprint density at radius 1 is 1.36 bits per heavy atom. The summed E-state index contributed by atoms with van der Waals surface area (Å²) in [4.78, 5) is 15.2. The number of fused-ring (bicyclic) bond motifs is 1. The number of aryl methyl sites for hydroxylation is 1. The van der Waals surface area contributed by atoms with Crippen molar-refractivity contribution in [2.75, 3.05) is 39.1 Å². The van der Waals surface area contributed by atoms with E-state index in [-0.39, 0.29) is 11.3 Å². The SMILES string of the molecule is Cn1ncc2c1CCN(S(C)(=O)=O)C2C(=O)N1CCOCC2(CC2)C1. The molecule has 1 unspecified atom stereocenters. The number of carbonyl (C=O) groups excluding carboxylic acids is 1. The lowest BCUT2D eigenvalue weighted by Crippen LogP contribution is -2.49. The molecule has 138 valence electrons. The zero-order valence-electron chi connectivity index (χ0n) is 14.6. The highest BCUT2D eigenvalue weighted by Crippen LogP contribution is 2.47. The molecule has 9 heteroatoms. The Bertz CT molecular complexity index is 799. The first-order valence-corrected chi connectivity index (χ1v) is 10.5. The average Bonchev–Trinajstić information content (AvgIpc) is 3.28. The number of ether oxygens (including phenoxy) is 1. The molecule has 1 aliphatic carbocycles. The van der Waals surface area contributed by atoms with E-state index in [0.29, 0.717) is 44.8 Å². The number of hydrogen-bond donors (Lipinski definition) is 0. The van der Waals surface area contributed by atoms with Crippen LogP contribution in [0.1, 0.15) is 30.1 Å². The highest BCUT2D eigenvalue weighted by molar-refractivity contribution is 7.88. The zero-order chi connectivity index (χ0) is 17.8. The van der Waals surface area contributed by atoms with Crippen molar-refractivity contribution in [2.45, 2.75) is 25.3 Å². The van der Waals surface area contributed by atoms with E-state index >= 15 is 0 Å². The van der Waals surface area contributed by atoms with E-state index in [0.717, 1.165) is 18.5 Å². The van der Waals surface area contributed by atoms with Gasteiger partial charge in [0.2, 0.25) is 15.9 Å². The number of rotatable bonds is 2. The molecule has 4 rings (SSSR count). The smallest absolute Gasteiger partial charge is 0.245 e. The quantitative estimate of drug-likeness (QED) is 0.729. The van der Waals surface area contributed by atoms with Gasteiger partial charge in [0.05, 0.1) is 25.7 Å². The molecule has 3 heterocycles. The first-order valence-electron chi connectivity index (χ1n) is 8.65. The molecule has 1 amide bonds. The number of sulfonamides is 1. The molecular formula is C16H24N4O4S. The van der Waals surface area contributed by atoms with Crippen LogP contribution in [0.5, 0.6) is 0 Å². The summed E-state index contributed by atoms with van der Waals surface area (Å²) in [7, 11) is -1.67. The summed E-state index contributed by atoms with van der Waals surface area (Å²) in [5, 5.41) is 4.25. The average molecular weight is 368 g/mol. The molecule has 25 heavy (non-hydrogen) atoms. The Morgan fingerprint density at radius 2 is 2.12 bits per heavy atom. The molecule has 1 saturated carbocycles. The van der Waals surface area contributed by atoms with Crippen LogP contribution in [0.3, 0.4) is 0 Å². The third-order valence-electron chi connectivity index (χ3n) is 5.61. The first kappa shape index (κ1) is 17.0. The van der Waals surface area contributed by atoms with Gasteiger partial charge in [0, 0.05) is 49.8 Å². The molecular weight excluding hydrogens is 344 g/mol. The third kappa shape index (κ3) is 2.98. The molecule has 0 N–H and O–H groups in total. The molecule has 0 aromatic carbocycles. The fourth-order valence-electron chi connectivity index (χ4n) is 3.96. The first-order chi connectivity index (χ1) is 11.8. The van der Waals surface area contributed by atoms with E-state index in [1.807, 2.05) is 7.05 Å².